The van der Waals surface area contributed by atoms with Crippen molar-refractivity contribution >= 4 is 5.91 Å². The van der Waals surface area contributed by atoms with E-state index in [4.69, 9.17) is 5.73 Å². The molecule has 1 rings (SSSR count). The second kappa shape index (κ2) is 7.29. The zero-order chi connectivity index (χ0) is 14.3. The Hall–Kier alpha value is -1.35. The monoisotopic (exact) mass is 262 g/mol. The molecule has 0 fully saturated rings. The Labute approximate surface area is 116 Å². The highest BCUT2D eigenvalue weighted by Crippen LogP contribution is 2.26. The smallest absolute Gasteiger partial charge is 0.220 e. The fourth-order valence-corrected chi connectivity index (χ4v) is 2.11. The summed E-state index contributed by atoms with van der Waals surface area (Å²) in [4.78, 5) is 11.9. The first-order valence-corrected chi connectivity index (χ1v) is 6.99. The Morgan fingerprint density at radius 3 is 2.47 bits per heavy atom. The molecular formula is C16H26N2O. The van der Waals surface area contributed by atoms with Crippen molar-refractivity contribution in [3.8, 4) is 0 Å². The maximum atomic E-state index is 11.9. The molecule has 3 heteroatoms. The first kappa shape index (κ1) is 15.7. The second-order valence-electron chi connectivity index (χ2n) is 5.90. The molecule has 0 aromatic heterocycles. The molecule has 1 aromatic rings. The van der Waals surface area contributed by atoms with Crippen molar-refractivity contribution in [2.24, 2.45) is 11.1 Å². The van der Waals surface area contributed by atoms with Crippen LogP contribution in [-0.4, -0.2) is 12.5 Å². The van der Waals surface area contributed by atoms with Gasteiger partial charge in [0.15, 0.2) is 0 Å². The molecule has 0 saturated carbocycles. The average molecular weight is 262 g/mol. The second-order valence-corrected chi connectivity index (χ2v) is 5.90. The molecule has 0 heterocycles. The van der Waals surface area contributed by atoms with E-state index in [1.165, 1.54) is 0 Å². The van der Waals surface area contributed by atoms with Crippen LogP contribution in [0.4, 0.5) is 0 Å². The average Bonchev–Trinajstić information content (AvgIpc) is 2.37. The van der Waals surface area contributed by atoms with Gasteiger partial charge < -0.3 is 11.1 Å². The Morgan fingerprint density at radius 2 is 1.89 bits per heavy atom. The Balaban J connectivity index is 2.39. The van der Waals surface area contributed by atoms with Crippen LogP contribution in [0, 0.1) is 5.41 Å². The molecule has 3 N–H and O–H groups in total. The van der Waals surface area contributed by atoms with Crippen LogP contribution in [-0.2, 0) is 4.79 Å². The van der Waals surface area contributed by atoms with Gasteiger partial charge in [0.2, 0.25) is 5.91 Å². The van der Waals surface area contributed by atoms with Crippen molar-refractivity contribution in [3.05, 3.63) is 35.9 Å². The van der Waals surface area contributed by atoms with Crippen molar-refractivity contribution in [1.82, 2.24) is 5.32 Å². The summed E-state index contributed by atoms with van der Waals surface area (Å²) >= 11 is 0. The van der Waals surface area contributed by atoms with Crippen LogP contribution in [0.2, 0.25) is 0 Å². The summed E-state index contributed by atoms with van der Waals surface area (Å²) in [6.07, 6.45) is 2.39. The third-order valence-corrected chi connectivity index (χ3v) is 3.53. The molecule has 0 spiro atoms. The maximum absolute atomic E-state index is 11.9. The molecule has 1 amide bonds. The van der Waals surface area contributed by atoms with E-state index in [0.29, 0.717) is 13.0 Å². The molecule has 19 heavy (non-hydrogen) atoms. The molecule has 0 radical (unpaired) electrons. The van der Waals surface area contributed by atoms with Gasteiger partial charge in [-0.1, -0.05) is 44.2 Å². The van der Waals surface area contributed by atoms with Gasteiger partial charge in [-0.05, 0) is 37.3 Å². The SMILES string of the molecule is C[C@@H](NC(=O)CCC(C)(C)CCN)c1ccccc1. The number of hydrogen-bond donors (Lipinski definition) is 2. The first-order chi connectivity index (χ1) is 8.94. The maximum Gasteiger partial charge on any atom is 0.220 e. The number of nitrogens with one attached hydrogen (secondary N) is 1. The lowest BCUT2D eigenvalue weighted by molar-refractivity contribution is -0.122. The molecule has 0 unspecified atom stereocenters. The minimum absolute atomic E-state index is 0.0614. The standard InChI is InChI=1S/C16H26N2O/c1-13(14-7-5-4-6-8-14)18-15(19)9-10-16(2,3)11-12-17/h4-8,13H,9-12,17H2,1-3H3,(H,18,19)/t13-/m1/s1. The van der Waals surface area contributed by atoms with Gasteiger partial charge in [-0.15, -0.1) is 0 Å². The van der Waals surface area contributed by atoms with Gasteiger partial charge in [0, 0.05) is 6.42 Å². The zero-order valence-electron chi connectivity index (χ0n) is 12.3. The van der Waals surface area contributed by atoms with Crippen LogP contribution < -0.4 is 11.1 Å². The van der Waals surface area contributed by atoms with Crippen molar-refractivity contribution < 1.29 is 4.79 Å². The summed E-state index contributed by atoms with van der Waals surface area (Å²) in [6.45, 7) is 7.01. The summed E-state index contributed by atoms with van der Waals surface area (Å²) in [5.74, 6) is 0.112. The number of nitrogens with two attached hydrogens (primary N) is 1. The summed E-state index contributed by atoms with van der Waals surface area (Å²) in [6, 6.07) is 10.1. The van der Waals surface area contributed by atoms with E-state index in [2.05, 4.69) is 19.2 Å². The minimum atomic E-state index is 0.0614. The summed E-state index contributed by atoms with van der Waals surface area (Å²) in [5, 5.41) is 3.04. The third kappa shape index (κ3) is 5.88. The van der Waals surface area contributed by atoms with Crippen LogP contribution in [0.1, 0.15) is 51.6 Å². The lowest BCUT2D eigenvalue weighted by Crippen LogP contribution is -2.28. The van der Waals surface area contributed by atoms with Gasteiger partial charge in [-0.3, -0.25) is 4.79 Å². The molecule has 3 nitrogen and oxygen atoms in total. The Morgan fingerprint density at radius 1 is 1.26 bits per heavy atom. The number of rotatable bonds is 7. The predicted molar refractivity (Wildman–Crippen MR) is 79.7 cm³/mol. The van der Waals surface area contributed by atoms with Crippen molar-refractivity contribution in [2.45, 2.75) is 46.1 Å². The Kier molecular flexibility index (Phi) is 6.03. The van der Waals surface area contributed by atoms with Crippen LogP contribution in [0.25, 0.3) is 0 Å². The highest BCUT2D eigenvalue weighted by atomic mass is 16.1. The number of hydrogen-bond acceptors (Lipinski definition) is 2. The summed E-state index contributed by atoms with van der Waals surface area (Å²) in [5.41, 5.74) is 6.85. The Bertz CT molecular complexity index is 387. The number of amides is 1. The first-order valence-electron chi connectivity index (χ1n) is 6.99. The van der Waals surface area contributed by atoms with Gasteiger partial charge in [-0.2, -0.15) is 0 Å². The number of benzene rings is 1. The van der Waals surface area contributed by atoms with E-state index < -0.39 is 0 Å². The van der Waals surface area contributed by atoms with Crippen LogP contribution >= 0.6 is 0 Å². The highest BCUT2D eigenvalue weighted by molar-refractivity contribution is 5.76. The fraction of sp³-hybridized carbons (Fsp3) is 0.562. The van der Waals surface area contributed by atoms with E-state index in [1.807, 2.05) is 37.3 Å². The van der Waals surface area contributed by atoms with E-state index in [-0.39, 0.29) is 17.4 Å². The summed E-state index contributed by atoms with van der Waals surface area (Å²) in [7, 11) is 0. The van der Waals surface area contributed by atoms with Crippen LogP contribution in [0.3, 0.4) is 0 Å². The molecular weight excluding hydrogens is 236 g/mol. The number of carbonyl (C=O) groups excluding carboxylic acids is 1. The van der Waals surface area contributed by atoms with Crippen molar-refractivity contribution in [1.29, 1.82) is 0 Å². The van der Waals surface area contributed by atoms with Gasteiger partial charge in [0.25, 0.3) is 0 Å². The molecule has 0 aliphatic heterocycles. The highest BCUT2D eigenvalue weighted by Gasteiger charge is 2.19. The lowest BCUT2D eigenvalue weighted by Gasteiger charge is -2.24. The fourth-order valence-electron chi connectivity index (χ4n) is 2.11. The molecule has 106 valence electrons. The lowest BCUT2D eigenvalue weighted by atomic mass is 9.84. The molecule has 0 aliphatic rings. The van der Waals surface area contributed by atoms with Crippen LogP contribution in [0.5, 0.6) is 0 Å². The van der Waals surface area contributed by atoms with Crippen LogP contribution in [0.15, 0.2) is 30.3 Å². The van der Waals surface area contributed by atoms with E-state index in [9.17, 15) is 4.79 Å². The van der Waals surface area contributed by atoms with Gasteiger partial charge in [-0.25, -0.2) is 0 Å². The molecule has 0 saturated heterocycles. The molecule has 1 atom stereocenters. The van der Waals surface area contributed by atoms with Crippen molar-refractivity contribution in [2.75, 3.05) is 6.54 Å². The molecule has 0 bridgehead atoms. The quantitative estimate of drug-likeness (QED) is 0.793. The minimum Gasteiger partial charge on any atom is -0.350 e. The van der Waals surface area contributed by atoms with Gasteiger partial charge >= 0.3 is 0 Å². The van der Waals surface area contributed by atoms with E-state index in [0.717, 1.165) is 18.4 Å². The zero-order valence-corrected chi connectivity index (χ0v) is 12.3. The molecule has 0 aliphatic carbocycles. The largest absolute Gasteiger partial charge is 0.350 e. The summed E-state index contributed by atoms with van der Waals surface area (Å²) < 4.78 is 0. The van der Waals surface area contributed by atoms with E-state index in [1.54, 1.807) is 0 Å². The third-order valence-electron chi connectivity index (χ3n) is 3.53. The number of carbonyl (C=O) groups is 1. The van der Waals surface area contributed by atoms with Crippen molar-refractivity contribution in [3.63, 3.8) is 0 Å². The predicted octanol–water partition coefficient (Wildman–Crippen LogP) is 3.02. The van der Waals surface area contributed by atoms with Gasteiger partial charge in [0.05, 0.1) is 6.04 Å². The molecule has 1 aromatic carbocycles. The topological polar surface area (TPSA) is 55.1 Å². The van der Waals surface area contributed by atoms with Gasteiger partial charge in [0.1, 0.15) is 0 Å². The van der Waals surface area contributed by atoms with E-state index >= 15 is 0 Å². The normalized spacial score (nSPS) is 13.1.